The Balaban J connectivity index is 2.18. The van der Waals surface area contributed by atoms with Crippen molar-refractivity contribution in [1.29, 1.82) is 0 Å². The molecule has 0 amide bonds. The molecule has 0 aromatic heterocycles. The molecule has 1 aliphatic rings. The van der Waals surface area contributed by atoms with Crippen LogP contribution in [0.1, 0.15) is 16.8 Å². The van der Waals surface area contributed by atoms with Gasteiger partial charge in [-0.3, -0.25) is 4.79 Å². The molecule has 1 aromatic carbocycles. The Morgan fingerprint density at radius 2 is 1.76 bits per heavy atom. The number of hydrogen-bond acceptors (Lipinski definition) is 7. The number of aliphatic hydroxyl groups is 5. The standard InChI is InChI=1S/C14H18O7/c15-7-10-11(17)12(18)13(19)14(20,21-10)6-9(16)8-4-2-1-3-5-8/h1-5,10-13,15,17-20H,6-7H2/t10-,11-,12+,13+,14+/m1/s1. The number of ether oxygens (including phenoxy) is 1. The van der Waals surface area contributed by atoms with Gasteiger partial charge in [0.2, 0.25) is 5.79 Å². The SMILES string of the molecule is O=C(C[C@]1(O)O[C@H](CO)[C@@H](O)[C@H](O)[C@@H]1O)c1ccccc1. The fourth-order valence-corrected chi connectivity index (χ4v) is 2.32. The lowest BCUT2D eigenvalue weighted by Gasteiger charge is -2.45. The van der Waals surface area contributed by atoms with Crippen LogP contribution >= 0.6 is 0 Å². The minimum absolute atomic E-state index is 0.308. The predicted molar refractivity (Wildman–Crippen MR) is 70.3 cm³/mol. The van der Waals surface area contributed by atoms with Crippen molar-refractivity contribution in [3.05, 3.63) is 35.9 Å². The molecule has 5 N–H and O–H groups in total. The summed E-state index contributed by atoms with van der Waals surface area (Å²) in [6, 6.07) is 8.08. The van der Waals surface area contributed by atoms with Gasteiger partial charge in [0.05, 0.1) is 13.0 Å². The molecule has 0 saturated carbocycles. The summed E-state index contributed by atoms with van der Waals surface area (Å²) in [7, 11) is 0. The summed E-state index contributed by atoms with van der Waals surface area (Å²) in [5, 5.41) is 48.5. The molecule has 1 saturated heterocycles. The average Bonchev–Trinajstić information content (AvgIpc) is 2.50. The van der Waals surface area contributed by atoms with Crippen LogP contribution in [0.15, 0.2) is 30.3 Å². The number of Topliss-reactive ketones (excluding diaryl/α,β-unsaturated/α-hetero) is 1. The first-order chi connectivity index (χ1) is 9.89. The summed E-state index contributed by atoms with van der Waals surface area (Å²) in [6.45, 7) is -0.674. The van der Waals surface area contributed by atoms with Crippen molar-refractivity contribution in [1.82, 2.24) is 0 Å². The highest BCUT2D eigenvalue weighted by molar-refractivity contribution is 5.96. The summed E-state index contributed by atoms with van der Waals surface area (Å²) < 4.78 is 5.03. The van der Waals surface area contributed by atoms with E-state index in [1.165, 1.54) is 12.1 Å². The van der Waals surface area contributed by atoms with E-state index in [1.54, 1.807) is 18.2 Å². The van der Waals surface area contributed by atoms with Crippen LogP contribution in [-0.2, 0) is 4.74 Å². The highest BCUT2D eigenvalue weighted by Crippen LogP contribution is 2.31. The van der Waals surface area contributed by atoms with Crippen molar-refractivity contribution in [2.75, 3.05) is 6.61 Å². The van der Waals surface area contributed by atoms with Gasteiger partial charge in [0.1, 0.15) is 24.4 Å². The van der Waals surface area contributed by atoms with Gasteiger partial charge in [0.25, 0.3) is 0 Å². The van der Waals surface area contributed by atoms with Gasteiger partial charge >= 0.3 is 0 Å². The van der Waals surface area contributed by atoms with Gasteiger partial charge in [0, 0.05) is 5.56 Å². The maximum absolute atomic E-state index is 12.1. The van der Waals surface area contributed by atoms with E-state index in [9.17, 15) is 25.2 Å². The van der Waals surface area contributed by atoms with E-state index in [4.69, 9.17) is 9.84 Å². The second-order valence-corrected chi connectivity index (χ2v) is 5.08. The van der Waals surface area contributed by atoms with Gasteiger partial charge in [-0.15, -0.1) is 0 Å². The number of hydrogen-bond donors (Lipinski definition) is 5. The van der Waals surface area contributed by atoms with E-state index in [0.29, 0.717) is 5.56 Å². The van der Waals surface area contributed by atoms with Crippen LogP contribution in [0.2, 0.25) is 0 Å². The van der Waals surface area contributed by atoms with Gasteiger partial charge in [-0.25, -0.2) is 0 Å². The smallest absolute Gasteiger partial charge is 0.202 e. The van der Waals surface area contributed by atoms with Gasteiger partial charge in [0.15, 0.2) is 5.78 Å². The van der Waals surface area contributed by atoms with Crippen LogP contribution in [0, 0.1) is 0 Å². The molecular weight excluding hydrogens is 280 g/mol. The molecule has 0 unspecified atom stereocenters. The molecule has 1 aliphatic heterocycles. The van der Waals surface area contributed by atoms with Crippen LogP contribution in [0.25, 0.3) is 0 Å². The Kier molecular flexibility index (Phi) is 4.72. The van der Waals surface area contributed by atoms with Crippen LogP contribution in [0.5, 0.6) is 0 Å². The lowest BCUT2D eigenvalue weighted by Crippen LogP contribution is -2.65. The largest absolute Gasteiger partial charge is 0.394 e. The first kappa shape index (κ1) is 16.0. The van der Waals surface area contributed by atoms with Crippen LogP contribution in [-0.4, -0.2) is 68.1 Å². The fraction of sp³-hybridized carbons (Fsp3) is 0.500. The van der Waals surface area contributed by atoms with Crippen molar-refractivity contribution < 1.29 is 35.1 Å². The van der Waals surface area contributed by atoms with Gasteiger partial charge in [-0.1, -0.05) is 30.3 Å². The first-order valence-electron chi connectivity index (χ1n) is 6.52. The fourth-order valence-electron chi connectivity index (χ4n) is 2.32. The van der Waals surface area contributed by atoms with Crippen molar-refractivity contribution in [2.45, 2.75) is 36.6 Å². The normalized spacial score (nSPS) is 36.4. The third-order valence-electron chi connectivity index (χ3n) is 3.56. The quantitative estimate of drug-likeness (QED) is 0.425. The molecule has 21 heavy (non-hydrogen) atoms. The summed E-state index contributed by atoms with van der Waals surface area (Å²) >= 11 is 0. The van der Waals surface area contributed by atoms with E-state index in [0.717, 1.165) is 0 Å². The molecule has 116 valence electrons. The zero-order valence-corrected chi connectivity index (χ0v) is 11.2. The molecule has 5 atom stereocenters. The summed E-state index contributed by atoms with van der Waals surface area (Å²) in [6.07, 6.45) is -7.07. The molecule has 1 heterocycles. The molecule has 7 heteroatoms. The molecule has 2 rings (SSSR count). The lowest BCUT2D eigenvalue weighted by atomic mass is 9.88. The molecular formula is C14H18O7. The minimum Gasteiger partial charge on any atom is -0.394 e. The van der Waals surface area contributed by atoms with Crippen molar-refractivity contribution >= 4 is 5.78 Å². The monoisotopic (exact) mass is 298 g/mol. The second-order valence-electron chi connectivity index (χ2n) is 5.08. The van der Waals surface area contributed by atoms with Gasteiger partial charge in [-0.05, 0) is 0 Å². The van der Waals surface area contributed by atoms with Gasteiger partial charge in [-0.2, -0.15) is 0 Å². The summed E-state index contributed by atoms with van der Waals surface area (Å²) in [4.78, 5) is 12.1. The molecule has 0 radical (unpaired) electrons. The summed E-state index contributed by atoms with van der Waals surface area (Å²) in [5.74, 6) is -2.88. The van der Waals surface area contributed by atoms with Crippen molar-refractivity contribution in [3.8, 4) is 0 Å². The molecule has 1 fully saturated rings. The maximum atomic E-state index is 12.1. The maximum Gasteiger partial charge on any atom is 0.202 e. The van der Waals surface area contributed by atoms with Crippen molar-refractivity contribution in [2.24, 2.45) is 0 Å². The highest BCUT2D eigenvalue weighted by Gasteiger charge is 2.53. The molecule has 0 bridgehead atoms. The topological polar surface area (TPSA) is 127 Å². The number of ketones is 1. The zero-order chi connectivity index (χ0) is 15.6. The molecule has 1 aromatic rings. The van der Waals surface area contributed by atoms with E-state index >= 15 is 0 Å². The Labute approximate surface area is 121 Å². The Bertz CT molecular complexity index is 489. The van der Waals surface area contributed by atoms with Crippen LogP contribution < -0.4 is 0 Å². The predicted octanol–water partition coefficient (Wildman–Crippen LogP) is -1.58. The minimum atomic E-state index is -2.38. The second kappa shape index (κ2) is 6.18. The van der Waals surface area contributed by atoms with Crippen LogP contribution in [0.4, 0.5) is 0 Å². The van der Waals surface area contributed by atoms with E-state index < -0.39 is 49.0 Å². The zero-order valence-electron chi connectivity index (χ0n) is 11.2. The van der Waals surface area contributed by atoms with E-state index in [2.05, 4.69) is 0 Å². The number of aliphatic hydroxyl groups excluding tert-OH is 4. The first-order valence-corrected chi connectivity index (χ1v) is 6.52. The Morgan fingerprint density at radius 1 is 1.14 bits per heavy atom. The average molecular weight is 298 g/mol. The summed E-state index contributed by atoms with van der Waals surface area (Å²) in [5.41, 5.74) is 0.308. The number of carbonyl (C=O) groups excluding carboxylic acids is 1. The number of rotatable bonds is 4. The number of carbonyl (C=O) groups is 1. The van der Waals surface area contributed by atoms with Gasteiger partial charge < -0.3 is 30.3 Å². The number of benzene rings is 1. The van der Waals surface area contributed by atoms with E-state index in [1.807, 2.05) is 0 Å². The Hall–Kier alpha value is -1.35. The van der Waals surface area contributed by atoms with E-state index in [-0.39, 0.29) is 0 Å². The third-order valence-corrected chi connectivity index (χ3v) is 3.56. The Morgan fingerprint density at radius 3 is 2.33 bits per heavy atom. The molecule has 7 nitrogen and oxygen atoms in total. The highest BCUT2D eigenvalue weighted by atomic mass is 16.7. The molecule has 0 aliphatic carbocycles. The van der Waals surface area contributed by atoms with Crippen molar-refractivity contribution in [3.63, 3.8) is 0 Å². The lowest BCUT2D eigenvalue weighted by molar-refractivity contribution is -0.346. The molecule has 0 spiro atoms. The third kappa shape index (κ3) is 3.13. The van der Waals surface area contributed by atoms with Crippen LogP contribution in [0.3, 0.4) is 0 Å².